The monoisotopic (exact) mass is 480 g/mol. The highest BCUT2D eigenvalue weighted by molar-refractivity contribution is 6.05. The second kappa shape index (κ2) is 9.43. The molecule has 10 nitrogen and oxygen atoms in total. The number of nitrogens with two attached hydrogens (primary N) is 3. The summed E-state index contributed by atoms with van der Waals surface area (Å²) < 4.78 is 5.76. The molecule has 3 heterocycles. The van der Waals surface area contributed by atoms with Crippen LogP contribution in [-0.2, 0) is 0 Å². The average Bonchev–Trinajstić information content (AvgIpc) is 3.37. The van der Waals surface area contributed by atoms with Crippen LogP contribution in [0.15, 0.2) is 67.0 Å². The van der Waals surface area contributed by atoms with E-state index in [-0.39, 0.29) is 30.0 Å². The Morgan fingerprint density at radius 3 is 2.67 bits per heavy atom. The summed E-state index contributed by atoms with van der Waals surface area (Å²) in [6, 6.07) is 16.7. The molecule has 0 spiro atoms. The van der Waals surface area contributed by atoms with Crippen LogP contribution < -0.4 is 21.9 Å². The van der Waals surface area contributed by atoms with Gasteiger partial charge in [0.15, 0.2) is 5.69 Å². The van der Waals surface area contributed by atoms with Gasteiger partial charge in [0.25, 0.3) is 5.91 Å². The molecule has 0 bridgehead atoms. The molecule has 10 heteroatoms. The number of H-pyrrole nitrogens is 1. The summed E-state index contributed by atoms with van der Waals surface area (Å²) in [6.45, 7) is 2.14. The van der Waals surface area contributed by atoms with Crippen LogP contribution in [0.3, 0.4) is 0 Å². The van der Waals surface area contributed by atoms with Gasteiger partial charge in [0.1, 0.15) is 6.61 Å². The SMILES string of the molecule is Cc1ccc2[nH]ncc2c1-c1cc(-c2ccnc(OC[C@H](N)c3ccccc3)n2)nc(C(N)=O)c1N. The molecule has 0 saturated heterocycles. The molecule has 7 N–H and O–H groups in total. The van der Waals surface area contributed by atoms with Gasteiger partial charge in [-0.05, 0) is 41.8 Å². The van der Waals surface area contributed by atoms with Gasteiger partial charge >= 0.3 is 6.01 Å². The van der Waals surface area contributed by atoms with Gasteiger partial charge in [-0.3, -0.25) is 9.89 Å². The number of nitrogens with one attached hydrogen (secondary N) is 1. The van der Waals surface area contributed by atoms with E-state index in [0.717, 1.165) is 27.6 Å². The van der Waals surface area contributed by atoms with Crippen LogP contribution in [-0.4, -0.2) is 37.7 Å². The lowest BCUT2D eigenvalue weighted by atomic mass is 9.94. The standard InChI is InChI=1S/C26H24N8O2/c1-14-7-8-19-17(12-31-34-19)22(14)16-11-21(32-24(23(16)28)25(29)35)20-9-10-30-26(33-20)36-13-18(27)15-5-3-2-4-6-15/h2-12,18H,13,27-28H2,1H3,(H2,29,35)(H,31,34)/t18-/m0/s1. The van der Waals surface area contributed by atoms with E-state index in [1.807, 2.05) is 49.4 Å². The number of hydrogen-bond donors (Lipinski definition) is 4. The molecule has 2 aromatic carbocycles. The van der Waals surface area contributed by atoms with Crippen molar-refractivity contribution in [3.63, 3.8) is 0 Å². The van der Waals surface area contributed by atoms with Crippen molar-refractivity contribution in [3.8, 4) is 28.5 Å². The highest BCUT2D eigenvalue weighted by Crippen LogP contribution is 2.37. The maximum Gasteiger partial charge on any atom is 0.317 e. The number of anilines is 1. The fourth-order valence-electron chi connectivity index (χ4n) is 4.08. The lowest BCUT2D eigenvalue weighted by Gasteiger charge is -2.15. The van der Waals surface area contributed by atoms with E-state index in [2.05, 4.69) is 25.1 Å². The minimum Gasteiger partial charge on any atom is -0.461 e. The Labute approximate surface area is 206 Å². The predicted molar refractivity (Wildman–Crippen MR) is 137 cm³/mol. The first-order valence-corrected chi connectivity index (χ1v) is 11.2. The molecule has 1 amide bonds. The maximum atomic E-state index is 12.3. The molecule has 0 aliphatic carbocycles. The van der Waals surface area contributed by atoms with Crippen molar-refractivity contribution in [3.05, 3.63) is 83.8 Å². The number of ether oxygens (including phenoxy) is 1. The zero-order valence-electron chi connectivity index (χ0n) is 19.5. The van der Waals surface area contributed by atoms with Gasteiger partial charge in [-0.1, -0.05) is 36.4 Å². The molecule has 3 aromatic heterocycles. The van der Waals surface area contributed by atoms with Crippen molar-refractivity contribution in [1.82, 2.24) is 25.1 Å². The second-order valence-electron chi connectivity index (χ2n) is 8.32. The van der Waals surface area contributed by atoms with Gasteiger partial charge < -0.3 is 21.9 Å². The van der Waals surface area contributed by atoms with Gasteiger partial charge in [0, 0.05) is 17.1 Å². The molecule has 0 fully saturated rings. The van der Waals surface area contributed by atoms with Crippen LogP contribution in [0, 0.1) is 6.92 Å². The molecule has 0 saturated carbocycles. The summed E-state index contributed by atoms with van der Waals surface area (Å²) in [4.78, 5) is 25.3. The van der Waals surface area contributed by atoms with Gasteiger partial charge in [0.05, 0.1) is 34.8 Å². The summed E-state index contributed by atoms with van der Waals surface area (Å²) in [6.07, 6.45) is 3.27. The number of carbonyl (C=O) groups excluding carboxylic acids is 1. The number of aryl methyl sites for hydroxylation is 1. The fourth-order valence-corrected chi connectivity index (χ4v) is 4.08. The first-order valence-electron chi connectivity index (χ1n) is 11.2. The van der Waals surface area contributed by atoms with E-state index in [4.69, 9.17) is 21.9 Å². The third kappa shape index (κ3) is 4.32. The van der Waals surface area contributed by atoms with E-state index in [0.29, 0.717) is 17.0 Å². The molecule has 0 aliphatic rings. The number of amides is 1. The number of nitrogen functional groups attached to an aromatic ring is 1. The van der Waals surface area contributed by atoms with Crippen LogP contribution in [0.1, 0.15) is 27.7 Å². The second-order valence-corrected chi connectivity index (χ2v) is 8.32. The maximum absolute atomic E-state index is 12.3. The van der Waals surface area contributed by atoms with E-state index in [1.165, 1.54) is 0 Å². The van der Waals surface area contributed by atoms with Crippen molar-refractivity contribution in [2.24, 2.45) is 11.5 Å². The zero-order valence-corrected chi connectivity index (χ0v) is 19.5. The number of pyridine rings is 1. The quantitative estimate of drug-likeness (QED) is 0.275. The molecule has 36 heavy (non-hydrogen) atoms. The molecule has 1 atom stereocenters. The number of benzene rings is 2. The molecule has 0 aliphatic heterocycles. The van der Waals surface area contributed by atoms with Crippen LogP contribution in [0.25, 0.3) is 33.4 Å². The normalized spacial score (nSPS) is 11.9. The summed E-state index contributed by atoms with van der Waals surface area (Å²) in [5.74, 6) is -0.744. The smallest absolute Gasteiger partial charge is 0.317 e. The Hall–Kier alpha value is -4.83. The summed E-state index contributed by atoms with van der Waals surface area (Å²) in [5, 5.41) is 7.96. The van der Waals surface area contributed by atoms with Gasteiger partial charge in [-0.2, -0.15) is 10.1 Å². The van der Waals surface area contributed by atoms with Gasteiger partial charge in [0.2, 0.25) is 0 Å². The minimum absolute atomic E-state index is 0.0467. The van der Waals surface area contributed by atoms with E-state index in [1.54, 1.807) is 24.5 Å². The number of aromatic amines is 1. The summed E-state index contributed by atoms with van der Waals surface area (Å²) in [7, 11) is 0. The van der Waals surface area contributed by atoms with E-state index in [9.17, 15) is 4.79 Å². The van der Waals surface area contributed by atoms with Crippen LogP contribution >= 0.6 is 0 Å². The lowest BCUT2D eigenvalue weighted by molar-refractivity contribution is 0.0996. The van der Waals surface area contributed by atoms with Crippen molar-refractivity contribution in [1.29, 1.82) is 0 Å². The largest absolute Gasteiger partial charge is 0.461 e. The third-order valence-electron chi connectivity index (χ3n) is 5.91. The number of primary amides is 1. The first kappa shape index (κ1) is 22.9. The number of carbonyl (C=O) groups is 1. The molecule has 5 rings (SSSR count). The summed E-state index contributed by atoms with van der Waals surface area (Å²) in [5.41, 5.74) is 23.4. The predicted octanol–water partition coefficient (Wildman–Crippen LogP) is 3.15. The van der Waals surface area contributed by atoms with Crippen molar-refractivity contribution < 1.29 is 9.53 Å². The Kier molecular flexibility index (Phi) is 6.01. The number of hydrogen-bond acceptors (Lipinski definition) is 8. The Morgan fingerprint density at radius 1 is 1.08 bits per heavy atom. The average molecular weight is 481 g/mol. The van der Waals surface area contributed by atoms with Crippen molar-refractivity contribution in [2.45, 2.75) is 13.0 Å². The molecule has 0 radical (unpaired) electrons. The Bertz CT molecular complexity index is 1570. The van der Waals surface area contributed by atoms with Crippen LogP contribution in [0.5, 0.6) is 6.01 Å². The molecule has 0 unspecified atom stereocenters. The van der Waals surface area contributed by atoms with Crippen LogP contribution in [0.2, 0.25) is 0 Å². The third-order valence-corrected chi connectivity index (χ3v) is 5.91. The number of nitrogens with zero attached hydrogens (tertiary/aromatic N) is 4. The van der Waals surface area contributed by atoms with E-state index < -0.39 is 5.91 Å². The van der Waals surface area contributed by atoms with Crippen molar-refractivity contribution in [2.75, 3.05) is 12.3 Å². The fraction of sp³-hybridized carbons (Fsp3) is 0.115. The van der Waals surface area contributed by atoms with Gasteiger partial charge in [-0.15, -0.1) is 0 Å². The van der Waals surface area contributed by atoms with Gasteiger partial charge in [-0.25, -0.2) is 9.97 Å². The highest BCUT2D eigenvalue weighted by Gasteiger charge is 2.20. The Balaban J connectivity index is 1.54. The number of fused-ring (bicyclic) bond motifs is 1. The Morgan fingerprint density at radius 2 is 1.89 bits per heavy atom. The minimum atomic E-state index is -0.744. The molecular formula is C26H24N8O2. The first-order chi connectivity index (χ1) is 17.4. The molecule has 180 valence electrons. The molecular weight excluding hydrogens is 456 g/mol. The zero-order chi connectivity index (χ0) is 25.2. The number of aromatic nitrogens is 5. The number of rotatable bonds is 7. The lowest BCUT2D eigenvalue weighted by Crippen LogP contribution is -2.19. The summed E-state index contributed by atoms with van der Waals surface area (Å²) >= 11 is 0. The molecule has 5 aromatic rings. The van der Waals surface area contributed by atoms with E-state index >= 15 is 0 Å². The van der Waals surface area contributed by atoms with Crippen LogP contribution in [0.4, 0.5) is 5.69 Å². The highest BCUT2D eigenvalue weighted by atomic mass is 16.5. The van der Waals surface area contributed by atoms with Crippen molar-refractivity contribution >= 4 is 22.5 Å². The topological polar surface area (TPSA) is 172 Å².